The van der Waals surface area contributed by atoms with Crippen LogP contribution in [0.1, 0.15) is 23.0 Å². The van der Waals surface area contributed by atoms with Gasteiger partial charge in [-0.3, -0.25) is 9.36 Å². The summed E-state index contributed by atoms with van der Waals surface area (Å²) in [7, 11) is 5.17. The Kier molecular flexibility index (Phi) is 6.39. The number of ether oxygens (including phenoxy) is 2. The van der Waals surface area contributed by atoms with Gasteiger partial charge in [0, 0.05) is 26.5 Å². The predicted octanol–water partition coefficient (Wildman–Crippen LogP) is 2.99. The third-order valence-electron chi connectivity index (χ3n) is 4.86. The van der Waals surface area contributed by atoms with Crippen LogP contribution in [0, 0.1) is 6.92 Å². The highest BCUT2D eigenvalue weighted by atomic mass is 16.5. The summed E-state index contributed by atoms with van der Waals surface area (Å²) in [4.78, 5) is 25.7. The summed E-state index contributed by atoms with van der Waals surface area (Å²) in [5.41, 5.74) is 2.97. The Balaban J connectivity index is 1.74. The van der Waals surface area contributed by atoms with Crippen LogP contribution in [0.5, 0.6) is 5.75 Å². The topological polar surface area (TPSA) is 134 Å². The third kappa shape index (κ3) is 4.65. The summed E-state index contributed by atoms with van der Waals surface area (Å²) in [6.07, 6.45) is 4.84. The lowest BCUT2D eigenvalue weighted by Gasteiger charge is -2.16. The van der Waals surface area contributed by atoms with Gasteiger partial charge in [-0.1, -0.05) is 6.07 Å². The number of nitrogens with zero attached hydrogens (tertiary/aromatic N) is 7. The first kappa shape index (κ1) is 22.7. The molecule has 3 heterocycles. The fourth-order valence-electron chi connectivity index (χ4n) is 3.36. The summed E-state index contributed by atoms with van der Waals surface area (Å²) in [5.74, 6) is 0.996. The van der Waals surface area contributed by atoms with E-state index >= 15 is 0 Å². The number of benzene rings is 1. The zero-order valence-electron chi connectivity index (χ0n) is 19.5. The van der Waals surface area contributed by atoms with Gasteiger partial charge in [0.25, 0.3) is 0 Å². The van der Waals surface area contributed by atoms with E-state index in [1.807, 2.05) is 32.3 Å². The Hall–Kier alpha value is -4.48. The first-order chi connectivity index (χ1) is 16.4. The molecule has 0 atom stereocenters. The number of esters is 1. The molecule has 176 valence electrons. The zero-order valence-corrected chi connectivity index (χ0v) is 19.5. The molecule has 0 saturated carbocycles. The minimum Gasteiger partial charge on any atom is -0.494 e. The van der Waals surface area contributed by atoms with E-state index in [-0.39, 0.29) is 23.9 Å². The van der Waals surface area contributed by atoms with Crippen LogP contribution in [0.2, 0.25) is 0 Å². The SMILES string of the molecule is CCOC(=O)c1cnc(Nc2cn(C)nc2C)nc1Nc1cccc(-c2ncn(C)n2)c1OC. The molecule has 0 bridgehead atoms. The van der Waals surface area contributed by atoms with Crippen molar-refractivity contribution in [3.8, 4) is 17.1 Å². The maximum atomic E-state index is 12.6. The summed E-state index contributed by atoms with van der Waals surface area (Å²) in [6.45, 7) is 3.83. The number of hydrogen-bond acceptors (Lipinski definition) is 10. The van der Waals surface area contributed by atoms with Gasteiger partial charge in [0.05, 0.1) is 36.3 Å². The summed E-state index contributed by atoms with van der Waals surface area (Å²) < 4.78 is 14.2. The first-order valence-electron chi connectivity index (χ1n) is 10.5. The minimum absolute atomic E-state index is 0.179. The lowest BCUT2D eigenvalue weighted by molar-refractivity contribution is 0.0526. The first-order valence-corrected chi connectivity index (χ1v) is 10.5. The van der Waals surface area contributed by atoms with Gasteiger partial charge in [0.15, 0.2) is 17.4 Å². The molecule has 12 heteroatoms. The van der Waals surface area contributed by atoms with Crippen molar-refractivity contribution >= 4 is 29.1 Å². The van der Waals surface area contributed by atoms with Crippen LogP contribution in [0.3, 0.4) is 0 Å². The largest absolute Gasteiger partial charge is 0.494 e. The maximum Gasteiger partial charge on any atom is 0.343 e. The fraction of sp³-hybridized carbons (Fsp3) is 0.273. The molecule has 12 nitrogen and oxygen atoms in total. The average Bonchev–Trinajstić information content (AvgIpc) is 3.38. The van der Waals surface area contributed by atoms with E-state index in [0.29, 0.717) is 22.8 Å². The number of methoxy groups -OCH3 is 1. The van der Waals surface area contributed by atoms with Gasteiger partial charge in [0.1, 0.15) is 11.9 Å². The molecule has 0 radical (unpaired) electrons. The van der Waals surface area contributed by atoms with E-state index in [4.69, 9.17) is 9.47 Å². The van der Waals surface area contributed by atoms with Gasteiger partial charge >= 0.3 is 5.97 Å². The molecule has 0 unspecified atom stereocenters. The highest BCUT2D eigenvalue weighted by molar-refractivity contribution is 5.96. The van der Waals surface area contributed by atoms with Gasteiger partial charge in [-0.15, -0.1) is 0 Å². The molecule has 0 spiro atoms. The molecule has 0 aliphatic heterocycles. The van der Waals surface area contributed by atoms with Gasteiger partial charge in [-0.25, -0.2) is 14.8 Å². The molecular formula is C22H25N9O3. The van der Waals surface area contributed by atoms with Gasteiger partial charge in [-0.05, 0) is 26.0 Å². The Morgan fingerprint density at radius 3 is 2.56 bits per heavy atom. The molecule has 3 aromatic heterocycles. The van der Waals surface area contributed by atoms with E-state index in [2.05, 4.69) is 35.8 Å². The molecule has 0 aliphatic carbocycles. The second kappa shape index (κ2) is 9.57. The standard InChI is InChI=1S/C22H25N9O3/c1-6-34-21(32)15-10-23-22(26-17-11-30(3)28-13(17)2)27-20(15)25-16-9-7-8-14(18(16)33-5)19-24-12-31(4)29-19/h7-12H,6H2,1-5H3,(H2,23,25,26,27). The Bertz CT molecular complexity index is 1330. The smallest absolute Gasteiger partial charge is 0.343 e. The number of rotatable bonds is 8. The lowest BCUT2D eigenvalue weighted by atomic mass is 10.1. The molecule has 0 amide bonds. The van der Waals surface area contributed by atoms with Gasteiger partial charge in [-0.2, -0.15) is 15.2 Å². The number of para-hydroxylation sites is 1. The molecular weight excluding hydrogens is 438 g/mol. The fourth-order valence-corrected chi connectivity index (χ4v) is 3.36. The molecule has 4 rings (SSSR count). The van der Waals surface area contributed by atoms with Crippen molar-refractivity contribution in [1.29, 1.82) is 0 Å². The van der Waals surface area contributed by atoms with Crippen LogP contribution in [-0.4, -0.2) is 54.2 Å². The maximum absolute atomic E-state index is 12.6. The Morgan fingerprint density at radius 1 is 1.09 bits per heavy atom. The second-order valence-corrected chi connectivity index (χ2v) is 7.36. The van der Waals surface area contributed by atoms with Crippen LogP contribution in [-0.2, 0) is 18.8 Å². The van der Waals surface area contributed by atoms with Crippen molar-refractivity contribution < 1.29 is 14.3 Å². The predicted molar refractivity (Wildman–Crippen MR) is 125 cm³/mol. The van der Waals surface area contributed by atoms with Crippen LogP contribution in [0.15, 0.2) is 36.9 Å². The van der Waals surface area contributed by atoms with Crippen molar-refractivity contribution in [2.75, 3.05) is 24.4 Å². The third-order valence-corrected chi connectivity index (χ3v) is 4.86. The van der Waals surface area contributed by atoms with Gasteiger partial charge < -0.3 is 20.1 Å². The number of anilines is 4. The van der Waals surface area contributed by atoms with Crippen molar-refractivity contribution in [3.05, 3.63) is 48.2 Å². The monoisotopic (exact) mass is 463 g/mol. The summed E-state index contributed by atoms with van der Waals surface area (Å²) >= 11 is 0. The van der Waals surface area contributed by atoms with Crippen molar-refractivity contribution in [2.45, 2.75) is 13.8 Å². The normalized spacial score (nSPS) is 10.7. The average molecular weight is 464 g/mol. The second-order valence-electron chi connectivity index (χ2n) is 7.36. The van der Waals surface area contributed by atoms with E-state index < -0.39 is 5.97 Å². The molecule has 0 fully saturated rings. The lowest BCUT2D eigenvalue weighted by Crippen LogP contribution is -2.12. The molecule has 1 aromatic carbocycles. The van der Waals surface area contributed by atoms with Crippen LogP contribution >= 0.6 is 0 Å². The molecule has 2 N–H and O–H groups in total. The van der Waals surface area contributed by atoms with E-state index in [9.17, 15) is 4.79 Å². The number of nitrogens with one attached hydrogen (secondary N) is 2. The molecule has 34 heavy (non-hydrogen) atoms. The van der Waals surface area contributed by atoms with Crippen molar-refractivity contribution in [1.82, 2.24) is 34.5 Å². The van der Waals surface area contributed by atoms with E-state index in [1.165, 1.54) is 6.20 Å². The quantitative estimate of drug-likeness (QED) is 0.376. The molecule has 4 aromatic rings. The molecule has 0 saturated heterocycles. The van der Waals surface area contributed by atoms with Crippen molar-refractivity contribution in [2.24, 2.45) is 14.1 Å². The number of carbonyl (C=O) groups is 1. The van der Waals surface area contributed by atoms with Crippen LogP contribution in [0.4, 0.5) is 23.1 Å². The summed E-state index contributed by atoms with van der Waals surface area (Å²) in [6, 6.07) is 5.49. The number of aryl methyl sites for hydroxylation is 3. The Morgan fingerprint density at radius 2 is 1.91 bits per heavy atom. The number of aromatic nitrogens is 7. The highest BCUT2D eigenvalue weighted by Gasteiger charge is 2.20. The Labute approximate surface area is 196 Å². The van der Waals surface area contributed by atoms with Crippen LogP contribution in [0.25, 0.3) is 11.4 Å². The minimum atomic E-state index is -0.546. The summed E-state index contributed by atoms with van der Waals surface area (Å²) in [5, 5.41) is 15.0. The number of carbonyl (C=O) groups excluding carboxylic acids is 1. The number of hydrogen-bond donors (Lipinski definition) is 2. The van der Waals surface area contributed by atoms with Gasteiger partial charge in [0.2, 0.25) is 5.95 Å². The zero-order chi connectivity index (χ0) is 24.2. The van der Waals surface area contributed by atoms with E-state index in [1.54, 1.807) is 42.8 Å². The van der Waals surface area contributed by atoms with E-state index in [0.717, 1.165) is 11.4 Å². The van der Waals surface area contributed by atoms with Crippen molar-refractivity contribution in [3.63, 3.8) is 0 Å². The molecule has 0 aliphatic rings. The highest BCUT2D eigenvalue weighted by Crippen LogP contribution is 2.36. The van der Waals surface area contributed by atoms with Crippen LogP contribution < -0.4 is 15.4 Å².